The quantitative estimate of drug-likeness (QED) is 0.695. The fourth-order valence-corrected chi connectivity index (χ4v) is 2.93. The SMILES string of the molecule is Cc1ccccc1-c1noc(CCC(=O)NC(C)Cc2ncccc2C)n1. The number of hydrogen-bond donors (Lipinski definition) is 1. The van der Waals surface area contributed by atoms with Gasteiger partial charge in [-0.25, -0.2) is 0 Å². The van der Waals surface area contributed by atoms with Crippen LogP contribution in [0, 0.1) is 13.8 Å². The second kappa shape index (κ2) is 8.58. The number of aromatic nitrogens is 3. The molecule has 6 nitrogen and oxygen atoms in total. The van der Waals surface area contributed by atoms with Crippen LogP contribution < -0.4 is 5.32 Å². The molecular weight excluding hydrogens is 340 g/mol. The van der Waals surface area contributed by atoms with Crippen LogP contribution in [0.4, 0.5) is 0 Å². The fourth-order valence-electron chi connectivity index (χ4n) is 2.93. The number of hydrogen-bond acceptors (Lipinski definition) is 5. The maximum absolute atomic E-state index is 12.2. The predicted octanol–water partition coefficient (Wildman–Crippen LogP) is 3.43. The van der Waals surface area contributed by atoms with Crippen molar-refractivity contribution in [2.75, 3.05) is 0 Å². The highest BCUT2D eigenvalue weighted by molar-refractivity contribution is 5.76. The average molecular weight is 364 g/mol. The van der Waals surface area contributed by atoms with E-state index in [9.17, 15) is 4.79 Å². The molecular formula is C21H24N4O2. The Morgan fingerprint density at radius 1 is 1.15 bits per heavy atom. The number of rotatable bonds is 7. The van der Waals surface area contributed by atoms with Crippen LogP contribution in [0.2, 0.25) is 0 Å². The van der Waals surface area contributed by atoms with Crippen LogP contribution in [0.5, 0.6) is 0 Å². The molecule has 1 atom stereocenters. The van der Waals surface area contributed by atoms with E-state index in [2.05, 4.69) is 20.4 Å². The molecule has 0 fully saturated rings. The molecule has 0 aliphatic rings. The van der Waals surface area contributed by atoms with Crippen molar-refractivity contribution in [2.24, 2.45) is 0 Å². The molecule has 3 rings (SSSR count). The van der Waals surface area contributed by atoms with E-state index >= 15 is 0 Å². The Morgan fingerprint density at radius 2 is 1.93 bits per heavy atom. The lowest BCUT2D eigenvalue weighted by Gasteiger charge is -2.14. The van der Waals surface area contributed by atoms with E-state index in [0.29, 0.717) is 31.0 Å². The number of pyridine rings is 1. The highest BCUT2D eigenvalue weighted by Gasteiger charge is 2.14. The van der Waals surface area contributed by atoms with Crippen LogP contribution in [-0.2, 0) is 17.6 Å². The summed E-state index contributed by atoms with van der Waals surface area (Å²) in [4.78, 5) is 21.0. The Bertz CT molecular complexity index is 920. The highest BCUT2D eigenvalue weighted by atomic mass is 16.5. The second-order valence-corrected chi connectivity index (χ2v) is 6.77. The normalized spacial score (nSPS) is 12.0. The molecule has 0 spiro atoms. The number of nitrogens with one attached hydrogen (secondary N) is 1. The van der Waals surface area contributed by atoms with E-state index in [-0.39, 0.29) is 11.9 Å². The van der Waals surface area contributed by atoms with E-state index in [1.807, 2.05) is 57.2 Å². The van der Waals surface area contributed by atoms with Gasteiger partial charge in [-0.3, -0.25) is 9.78 Å². The summed E-state index contributed by atoms with van der Waals surface area (Å²) in [6.07, 6.45) is 3.20. The molecule has 0 aliphatic carbocycles. The van der Waals surface area contributed by atoms with E-state index in [1.54, 1.807) is 6.20 Å². The summed E-state index contributed by atoms with van der Waals surface area (Å²) in [5.74, 6) is 0.992. The smallest absolute Gasteiger partial charge is 0.227 e. The first-order valence-electron chi connectivity index (χ1n) is 9.11. The second-order valence-electron chi connectivity index (χ2n) is 6.77. The Kier molecular flexibility index (Phi) is 5.96. The number of aryl methyl sites for hydroxylation is 3. The number of amides is 1. The van der Waals surface area contributed by atoms with Crippen LogP contribution in [0.1, 0.15) is 36.1 Å². The van der Waals surface area contributed by atoms with Gasteiger partial charge in [0.1, 0.15) is 0 Å². The first-order valence-corrected chi connectivity index (χ1v) is 9.11. The topological polar surface area (TPSA) is 80.9 Å². The lowest BCUT2D eigenvalue weighted by atomic mass is 10.1. The molecule has 0 bridgehead atoms. The van der Waals surface area contributed by atoms with Gasteiger partial charge in [-0.05, 0) is 38.0 Å². The summed E-state index contributed by atoms with van der Waals surface area (Å²) in [5.41, 5.74) is 4.16. The maximum Gasteiger partial charge on any atom is 0.227 e. The van der Waals surface area contributed by atoms with Crippen molar-refractivity contribution >= 4 is 5.91 Å². The van der Waals surface area contributed by atoms with Gasteiger partial charge in [0.15, 0.2) is 0 Å². The largest absolute Gasteiger partial charge is 0.353 e. The molecule has 6 heteroatoms. The van der Waals surface area contributed by atoms with E-state index in [1.165, 1.54) is 0 Å². The van der Waals surface area contributed by atoms with Crippen molar-refractivity contribution in [2.45, 2.75) is 46.1 Å². The van der Waals surface area contributed by atoms with Crippen molar-refractivity contribution in [3.8, 4) is 11.4 Å². The molecule has 2 heterocycles. The highest BCUT2D eigenvalue weighted by Crippen LogP contribution is 2.20. The Hall–Kier alpha value is -3.02. The molecule has 0 saturated carbocycles. The summed E-state index contributed by atoms with van der Waals surface area (Å²) in [6.45, 7) is 6.01. The predicted molar refractivity (Wildman–Crippen MR) is 103 cm³/mol. The third-order valence-electron chi connectivity index (χ3n) is 4.44. The Balaban J connectivity index is 1.51. The molecule has 3 aromatic rings. The number of benzene rings is 1. The molecule has 27 heavy (non-hydrogen) atoms. The third kappa shape index (κ3) is 5.00. The fraction of sp³-hybridized carbons (Fsp3) is 0.333. The van der Waals surface area contributed by atoms with E-state index < -0.39 is 0 Å². The van der Waals surface area contributed by atoms with Crippen LogP contribution >= 0.6 is 0 Å². The lowest BCUT2D eigenvalue weighted by molar-refractivity contribution is -0.121. The molecule has 0 aliphatic heterocycles. The molecule has 140 valence electrons. The summed E-state index contributed by atoms with van der Waals surface area (Å²) in [5, 5.41) is 7.03. The number of carbonyl (C=O) groups is 1. The van der Waals surface area contributed by atoms with Crippen molar-refractivity contribution in [3.05, 3.63) is 65.3 Å². The lowest BCUT2D eigenvalue weighted by Crippen LogP contribution is -2.34. The zero-order valence-corrected chi connectivity index (χ0v) is 15.9. The Morgan fingerprint density at radius 3 is 2.70 bits per heavy atom. The van der Waals surface area contributed by atoms with Gasteiger partial charge in [0.05, 0.1) is 0 Å². The minimum absolute atomic E-state index is 0.0105. The van der Waals surface area contributed by atoms with Crippen molar-refractivity contribution in [1.29, 1.82) is 0 Å². The van der Waals surface area contributed by atoms with Gasteiger partial charge >= 0.3 is 0 Å². The molecule has 0 radical (unpaired) electrons. The minimum Gasteiger partial charge on any atom is -0.353 e. The van der Waals surface area contributed by atoms with Gasteiger partial charge in [0.2, 0.25) is 17.6 Å². The van der Waals surface area contributed by atoms with Crippen LogP contribution in [0.25, 0.3) is 11.4 Å². The monoisotopic (exact) mass is 364 g/mol. The molecule has 1 unspecified atom stereocenters. The van der Waals surface area contributed by atoms with Gasteiger partial charge in [-0.2, -0.15) is 4.98 Å². The molecule has 1 aromatic carbocycles. The maximum atomic E-state index is 12.2. The van der Waals surface area contributed by atoms with Gasteiger partial charge in [-0.1, -0.05) is 35.5 Å². The first-order chi connectivity index (χ1) is 13.0. The van der Waals surface area contributed by atoms with Gasteiger partial charge < -0.3 is 9.84 Å². The van der Waals surface area contributed by atoms with Crippen molar-refractivity contribution in [1.82, 2.24) is 20.4 Å². The molecule has 1 amide bonds. The third-order valence-corrected chi connectivity index (χ3v) is 4.44. The van der Waals surface area contributed by atoms with Gasteiger partial charge in [-0.15, -0.1) is 0 Å². The van der Waals surface area contributed by atoms with Crippen LogP contribution in [0.3, 0.4) is 0 Å². The minimum atomic E-state index is -0.0354. The van der Waals surface area contributed by atoms with Gasteiger partial charge in [0, 0.05) is 42.8 Å². The van der Waals surface area contributed by atoms with Crippen LogP contribution in [-0.4, -0.2) is 27.1 Å². The van der Waals surface area contributed by atoms with Gasteiger partial charge in [0.25, 0.3) is 0 Å². The summed E-state index contributed by atoms with van der Waals surface area (Å²) < 4.78 is 5.29. The molecule has 0 saturated heterocycles. The van der Waals surface area contributed by atoms with E-state index in [4.69, 9.17) is 4.52 Å². The van der Waals surface area contributed by atoms with Crippen molar-refractivity contribution < 1.29 is 9.32 Å². The summed E-state index contributed by atoms with van der Waals surface area (Å²) >= 11 is 0. The zero-order valence-electron chi connectivity index (χ0n) is 15.9. The molecule has 2 aromatic heterocycles. The molecule has 1 N–H and O–H groups in total. The first kappa shape index (κ1) is 18.8. The summed E-state index contributed by atoms with van der Waals surface area (Å²) in [6, 6.07) is 11.8. The number of carbonyl (C=O) groups excluding carboxylic acids is 1. The van der Waals surface area contributed by atoms with Crippen molar-refractivity contribution in [3.63, 3.8) is 0 Å². The summed E-state index contributed by atoms with van der Waals surface area (Å²) in [7, 11) is 0. The zero-order chi connectivity index (χ0) is 19.2. The van der Waals surface area contributed by atoms with Crippen LogP contribution in [0.15, 0.2) is 47.1 Å². The van der Waals surface area contributed by atoms with E-state index in [0.717, 1.165) is 22.4 Å². The standard InChI is InChI=1S/C21H24N4O2/c1-14-7-4-5-9-17(14)21-24-20(27-25-21)11-10-19(26)23-16(3)13-18-15(2)8-6-12-22-18/h4-9,12,16H,10-11,13H2,1-3H3,(H,23,26). The number of nitrogens with zero attached hydrogens (tertiary/aromatic N) is 3. The average Bonchev–Trinajstić information content (AvgIpc) is 3.11. The Labute approximate surface area is 159 Å².